The summed E-state index contributed by atoms with van der Waals surface area (Å²) >= 11 is 3.20. The number of carbonyl (C=O) groups is 1. The second-order valence-electron chi connectivity index (χ2n) is 4.37. The van der Waals surface area contributed by atoms with Crippen LogP contribution in [0.3, 0.4) is 0 Å². The Morgan fingerprint density at radius 2 is 1.90 bits per heavy atom. The number of rotatable bonds is 4. The first kappa shape index (κ1) is 14.7. The summed E-state index contributed by atoms with van der Waals surface area (Å²) in [6, 6.07) is 13.4. The zero-order chi connectivity index (χ0) is 14.5. The smallest absolute Gasteiger partial charge is 0.226 e. The molecule has 104 valence electrons. The van der Waals surface area contributed by atoms with Crippen molar-refractivity contribution >= 4 is 27.5 Å². The van der Waals surface area contributed by atoms with E-state index in [-0.39, 0.29) is 18.0 Å². The Balaban J connectivity index is 2.03. The summed E-state index contributed by atoms with van der Waals surface area (Å²) < 4.78 is 14.1. The number of nitrogens with one attached hydrogen (secondary N) is 1. The fourth-order valence-corrected chi connectivity index (χ4v) is 2.27. The van der Waals surface area contributed by atoms with Crippen molar-refractivity contribution in [2.45, 2.75) is 12.5 Å². The minimum Gasteiger partial charge on any atom is -0.324 e. The highest BCUT2D eigenvalue weighted by Crippen LogP contribution is 2.25. The maximum atomic E-state index is 13.6. The lowest BCUT2D eigenvalue weighted by Gasteiger charge is -2.13. The Hall–Kier alpha value is -1.72. The van der Waals surface area contributed by atoms with Crippen LogP contribution in [-0.4, -0.2) is 5.91 Å². The van der Waals surface area contributed by atoms with Crippen molar-refractivity contribution in [3.05, 3.63) is 64.4 Å². The standard InChI is InChI=1S/C15H14BrFN2O/c16-11-7-4-8-12(17)15(11)19-14(20)9-13(18)10-5-2-1-3-6-10/h1-8,13H,9,18H2,(H,19,20). The van der Waals surface area contributed by atoms with Crippen LogP contribution in [0.5, 0.6) is 0 Å². The van der Waals surface area contributed by atoms with Gasteiger partial charge in [-0.2, -0.15) is 0 Å². The second-order valence-corrected chi connectivity index (χ2v) is 5.22. The molecule has 0 saturated carbocycles. The van der Waals surface area contributed by atoms with Crippen molar-refractivity contribution in [1.82, 2.24) is 0 Å². The average Bonchev–Trinajstić information content (AvgIpc) is 2.44. The molecule has 0 radical (unpaired) electrons. The number of anilines is 1. The van der Waals surface area contributed by atoms with Crippen LogP contribution in [0.4, 0.5) is 10.1 Å². The fourth-order valence-electron chi connectivity index (χ4n) is 1.83. The zero-order valence-corrected chi connectivity index (χ0v) is 12.2. The van der Waals surface area contributed by atoms with Crippen molar-refractivity contribution in [2.75, 3.05) is 5.32 Å². The van der Waals surface area contributed by atoms with E-state index in [0.717, 1.165) is 5.56 Å². The van der Waals surface area contributed by atoms with Gasteiger partial charge in [-0.15, -0.1) is 0 Å². The number of carbonyl (C=O) groups excluding carboxylic acids is 1. The number of halogens is 2. The molecule has 0 aliphatic carbocycles. The third-order valence-corrected chi connectivity index (χ3v) is 3.52. The molecule has 5 heteroatoms. The van der Waals surface area contributed by atoms with Gasteiger partial charge < -0.3 is 11.1 Å². The van der Waals surface area contributed by atoms with Crippen LogP contribution in [0, 0.1) is 5.82 Å². The first-order chi connectivity index (χ1) is 9.58. The minimum absolute atomic E-state index is 0.0881. The lowest BCUT2D eigenvalue weighted by Crippen LogP contribution is -2.21. The van der Waals surface area contributed by atoms with Gasteiger partial charge >= 0.3 is 0 Å². The normalized spacial score (nSPS) is 11.9. The summed E-state index contributed by atoms with van der Waals surface area (Å²) in [5.74, 6) is -0.812. The molecule has 3 nitrogen and oxygen atoms in total. The van der Waals surface area contributed by atoms with Crippen LogP contribution in [0.25, 0.3) is 0 Å². The molecule has 1 atom stereocenters. The average molecular weight is 337 g/mol. The summed E-state index contributed by atoms with van der Waals surface area (Å²) in [4.78, 5) is 11.9. The summed E-state index contributed by atoms with van der Waals surface area (Å²) in [7, 11) is 0. The van der Waals surface area contributed by atoms with Crippen molar-refractivity contribution < 1.29 is 9.18 Å². The number of amides is 1. The molecular weight excluding hydrogens is 323 g/mol. The Labute approximate surface area is 125 Å². The molecule has 0 bridgehead atoms. The molecule has 0 aliphatic rings. The topological polar surface area (TPSA) is 55.1 Å². The monoisotopic (exact) mass is 336 g/mol. The van der Waals surface area contributed by atoms with Gasteiger partial charge in [-0.1, -0.05) is 36.4 Å². The van der Waals surface area contributed by atoms with E-state index in [9.17, 15) is 9.18 Å². The van der Waals surface area contributed by atoms with Gasteiger partial charge in [0, 0.05) is 16.9 Å². The maximum Gasteiger partial charge on any atom is 0.226 e. The summed E-state index contributed by atoms with van der Waals surface area (Å²) in [6.07, 6.45) is 0.0881. The predicted molar refractivity (Wildman–Crippen MR) is 80.7 cm³/mol. The molecule has 0 fully saturated rings. The number of hydrogen-bond donors (Lipinski definition) is 2. The highest BCUT2D eigenvalue weighted by atomic mass is 79.9. The molecule has 0 spiro atoms. The van der Waals surface area contributed by atoms with E-state index >= 15 is 0 Å². The molecule has 0 heterocycles. The number of nitrogens with two attached hydrogens (primary N) is 1. The molecule has 20 heavy (non-hydrogen) atoms. The second kappa shape index (κ2) is 6.63. The lowest BCUT2D eigenvalue weighted by atomic mass is 10.0. The van der Waals surface area contributed by atoms with Gasteiger partial charge in [0.15, 0.2) is 0 Å². The van der Waals surface area contributed by atoms with Crippen molar-refractivity contribution in [3.8, 4) is 0 Å². The number of hydrogen-bond acceptors (Lipinski definition) is 2. The summed E-state index contributed by atoms with van der Waals surface area (Å²) in [6.45, 7) is 0. The van der Waals surface area contributed by atoms with E-state index in [2.05, 4.69) is 21.2 Å². The fraction of sp³-hybridized carbons (Fsp3) is 0.133. The minimum atomic E-state index is -0.485. The SMILES string of the molecule is NC(CC(=O)Nc1c(F)cccc1Br)c1ccccc1. The van der Waals surface area contributed by atoms with Crippen molar-refractivity contribution in [1.29, 1.82) is 0 Å². The Kier molecular flexibility index (Phi) is 4.87. The van der Waals surface area contributed by atoms with Gasteiger partial charge in [0.2, 0.25) is 5.91 Å². The van der Waals surface area contributed by atoms with E-state index in [1.54, 1.807) is 12.1 Å². The molecule has 0 aromatic heterocycles. The van der Waals surface area contributed by atoms with Gasteiger partial charge in [0.05, 0.1) is 5.69 Å². The Morgan fingerprint density at radius 3 is 2.55 bits per heavy atom. The van der Waals surface area contributed by atoms with E-state index in [4.69, 9.17) is 5.73 Å². The van der Waals surface area contributed by atoms with Gasteiger partial charge in [-0.05, 0) is 33.6 Å². The van der Waals surface area contributed by atoms with Crippen molar-refractivity contribution in [3.63, 3.8) is 0 Å². The Bertz CT molecular complexity index is 584. The van der Waals surface area contributed by atoms with Gasteiger partial charge in [0.1, 0.15) is 5.82 Å². The van der Waals surface area contributed by atoms with Crippen LogP contribution >= 0.6 is 15.9 Å². The zero-order valence-electron chi connectivity index (χ0n) is 10.6. The molecule has 0 aliphatic heterocycles. The number of benzene rings is 2. The lowest BCUT2D eigenvalue weighted by molar-refractivity contribution is -0.116. The van der Waals surface area contributed by atoms with Crippen LogP contribution in [-0.2, 0) is 4.79 Å². The molecule has 2 aromatic rings. The van der Waals surface area contributed by atoms with E-state index in [1.807, 2.05) is 30.3 Å². The third-order valence-electron chi connectivity index (χ3n) is 2.86. The molecule has 1 amide bonds. The van der Waals surface area contributed by atoms with Gasteiger partial charge in [-0.3, -0.25) is 4.79 Å². The first-order valence-electron chi connectivity index (χ1n) is 6.12. The van der Waals surface area contributed by atoms with Gasteiger partial charge in [0.25, 0.3) is 0 Å². The molecule has 1 unspecified atom stereocenters. The van der Waals surface area contributed by atoms with Crippen molar-refractivity contribution in [2.24, 2.45) is 5.73 Å². The van der Waals surface area contributed by atoms with E-state index in [1.165, 1.54) is 6.07 Å². The summed E-state index contributed by atoms with van der Waals surface area (Å²) in [5.41, 5.74) is 6.97. The van der Waals surface area contributed by atoms with Crippen LogP contribution < -0.4 is 11.1 Å². The summed E-state index contributed by atoms with van der Waals surface area (Å²) in [5, 5.41) is 2.54. The molecule has 2 rings (SSSR count). The third kappa shape index (κ3) is 3.65. The molecule has 2 aromatic carbocycles. The van der Waals surface area contributed by atoms with E-state index < -0.39 is 11.9 Å². The quantitative estimate of drug-likeness (QED) is 0.895. The van der Waals surface area contributed by atoms with E-state index in [0.29, 0.717) is 4.47 Å². The highest BCUT2D eigenvalue weighted by Gasteiger charge is 2.14. The van der Waals surface area contributed by atoms with Crippen LogP contribution in [0.2, 0.25) is 0 Å². The maximum absolute atomic E-state index is 13.6. The van der Waals surface area contributed by atoms with Crippen LogP contribution in [0.15, 0.2) is 53.0 Å². The predicted octanol–water partition coefficient (Wildman–Crippen LogP) is 3.62. The first-order valence-corrected chi connectivity index (χ1v) is 6.91. The highest BCUT2D eigenvalue weighted by molar-refractivity contribution is 9.10. The van der Waals surface area contributed by atoms with Gasteiger partial charge in [-0.25, -0.2) is 4.39 Å². The molecule has 3 N–H and O–H groups in total. The van der Waals surface area contributed by atoms with Crippen LogP contribution in [0.1, 0.15) is 18.0 Å². The largest absolute Gasteiger partial charge is 0.324 e. The number of para-hydroxylation sites is 1. The molecular formula is C15H14BrFN2O. The molecule has 0 saturated heterocycles. The Morgan fingerprint density at radius 1 is 1.20 bits per heavy atom.